The maximum atomic E-state index is 13.9. The Kier molecular flexibility index (Phi) is 7.21. The van der Waals surface area contributed by atoms with Crippen LogP contribution in [0.2, 0.25) is 0 Å². The highest BCUT2D eigenvalue weighted by molar-refractivity contribution is 7.89. The van der Waals surface area contributed by atoms with Crippen LogP contribution in [0, 0.1) is 19.3 Å². The lowest BCUT2D eigenvalue weighted by Gasteiger charge is -2.41. The number of aromatic nitrogens is 4. The molecule has 0 unspecified atom stereocenters. The average Bonchev–Trinajstić information content (AvgIpc) is 3.36. The molecule has 15 heteroatoms. The molecular formula is C30H30F3N5O6S. The number of carbonyl (C=O) groups is 1. The lowest BCUT2D eigenvalue weighted by molar-refractivity contribution is -0.166. The third kappa shape index (κ3) is 5.12. The molecule has 0 saturated carbocycles. The summed E-state index contributed by atoms with van der Waals surface area (Å²) in [4.78, 5) is 16.7. The molecule has 2 aliphatic rings. The molecule has 2 aliphatic heterocycles. The third-order valence-electron chi connectivity index (χ3n) is 8.62. The smallest absolute Gasteiger partial charge is 0.452 e. The number of carboxylic acids is 1. The Hall–Kier alpha value is -4.08. The molecule has 1 fully saturated rings. The molecule has 45 heavy (non-hydrogen) atoms. The van der Waals surface area contributed by atoms with E-state index in [0.717, 1.165) is 9.96 Å². The highest BCUT2D eigenvalue weighted by Gasteiger charge is 2.49. The summed E-state index contributed by atoms with van der Waals surface area (Å²) in [6, 6.07) is 9.70. The number of ether oxygens (including phenoxy) is 2. The predicted molar refractivity (Wildman–Crippen MR) is 153 cm³/mol. The van der Waals surface area contributed by atoms with Gasteiger partial charge in [0, 0.05) is 24.9 Å². The molecule has 11 nitrogen and oxygen atoms in total. The number of rotatable bonds is 6. The minimum Gasteiger partial charge on any atom is -0.481 e. The van der Waals surface area contributed by atoms with Gasteiger partial charge in [-0.15, -0.1) is 10.2 Å². The maximum absolute atomic E-state index is 13.9. The summed E-state index contributed by atoms with van der Waals surface area (Å²) in [5, 5.41) is 17.4. The lowest BCUT2D eigenvalue weighted by atomic mass is 9.70. The van der Waals surface area contributed by atoms with Crippen LogP contribution in [-0.2, 0) is 32.3 Å². The van der Waals surface area contributed by atoms with Crippen LogP contribution in [0.25, 0.3) is 5.65 Å². The molecule has 6 rings (SSSR count). The minimum atomic E-state index is -4.74. The molecule has 1 atom stereocenters. The summed E-state index contributed by atoms with van der Waals surface area (Å²) in [7, 11) is -4.06. The van der Waals surface area contributed by atoms with Crippen molar-refractivity contribution in [2.45, 2.75) is 56.8 Å². The van der Waals surface area contributed by atoms with E-state index in [1.165, 1.54) is 48.7 Å². The van der Waals surface area contributed by atoms with Gasteiger partial charge >= 0.3 is 12.1 Å². The highest BCUT2D eigenvalue weighted by atomic mass is 32.2. The van der Waals surface area contributed by atoms with E-state index in [2.05, 4.69) is 15.2 Å². The summed E-state index contributed by atoms with van der Waals surface area (Å²) in [5.74, 6) is -3.17. The van der Waals surface area contributed by atoms with Crippen LogP contribution in [-0.4, -0.2) is 68.7 Å². The number of aliphatic carboxylic acids is 1. The fourth-order valence-electron chi connectivity index (χ4n) is 6.00. The fourth-order valence-corrected chi connectivity index (χ4v) is 7.55. The average molecular weight is 646 g/mol. The minimum absolute atomic E-state index is 0.00358. The SMILES string of the molecule is Cc1ccc([C@@H](c2ccn3c(C(F)(F)F)nnc3c2C)C(C)(C)C(=O)O)cc1CN1CC2(COC2)Oc2ncccc2S1(=O)=O. The molecule has 0 aliphatic carbocycles. The molecule has 5 heterocycles. The zero-order valence-corrected chi connectivity index (χ0v) is 25.6. The van der Waals surface area contributed by atoms with Crippen molar-refractivity contribution in [3.05, 3.63) is 82.4 Å². The van der Waals surface area contributed by atoms with E-state index in [0.29, 0.717) is 22.3 Å². The van der Waals surface area contributed by atoms with Crippen molar-refractivity contribution < 1.29 is 41.0 Å². The number of hydrogen-bond acceptors (Lipinski definition) is 8. The Bertz CT molecular complexity index is 1940. The van der Waals surface area contributed by atoms with E-state index in [1.807, 2.05) is 6.92 Å². The Morgan fingerprint density at radius 3 is 2.51 bits per heavy atom. The van der Waals surface area contributed by atoms with Gasteiger partial charge in [0.05, 0.1) is 25.2 Å². The predicted octanol–water partition coefficient (Wildman–Crippen LogP) is 4.35. The van der Waals surface area contributed by atoms with Gasteiger partial charge in [0.2, 0.25) is 21.7 Å². The van der Waals surface area contributed by atoms with E-state index in [1.54, 1.807) is 25.1 Å². The quantitative estimate of drug-likeness (QED) is 0.325. The lowest BCUT2D eigenvalue weighted by Crippen LogP contribution is -2.60. The van der Waals surface area contributed by atoms with Gasteiger partial charge in [0.25, 0.3) is 0 Å². The zero-order chi connectivity index (χ0) is 32.5. The second-order valence-corrected chi connectivity index (χ2v) is 14.0. The van der Waals surface area contributed by atoms with Gasteiger partial charge in [-0.3, -0.25) is 9.20 Å². The van der Waals surface area contributed by atoms with Crippen molar-refractivity contribution in [3.8, 4) is 5.88 Å². The molecule has 0 bridgehead atoms. The van der Waals surface area contributed by atoms with Crippen LogP contribution in [0.3, 0.4) is 0 Å². The van der Waals surface area contributed by atoms with Crippen LogP contribution >= 0.6 is 0 Å². The first kappa shape index (κ1) is 30.9. The molecular weight excluding hydrogens is 615 g/mol. The van der Waals surface area contributed by atoms with Crippen molar-refractivity contribution in [3.63, 3.8) is 0 Å². The second kappa shape index (κ2) is 10.5. The van der Waals surface area contributed by atoms with Crippen molar-refractivity contribution in [2.24, 2.45) is 5.41 Å². The van der Waals surface area contributed by atoms with Crippen LogP contribution in [0.1, 0.15) is 53.4 Å². The molecule has 4 aromatic rings. The number of benzene rings is 1. The fraction of sp³-hybridized carbons (Fsp3) is 0.400. The summed E-state index contributed by atoms with van der Waals surface area (Å²) in [5.41, 5.74) is 0.306. The van der Waals surface area contributed by atoms with E-state index in [-0.39, 0.29) is 42.7 Å². The third-order valence-corrected chi connectivity index (χ3v) is 10.4. The molecule has 1 N–H and O–H groups in total. The summed E-state index contributed by atoms with van der Waals surface area (Å²) < 4.78 is 82.0. The first-order chi connectivity index (χ1) is 21.0. The van der Waals surface area contributed by atoms with Gasteiger partial charge in [-0.05, 0) is 73.7 Å². The number of pyridine rings is 2. The first-order valence-electron chi connectivity index (χ1n) is 14.0. The van der Waals surface area contributed by atoms with Crippen LogP contribution < -0.4 is 4.74 Å². The van der Waals surface area contributed by atoms with E-state index >= 15 is 0 Å². The van der Waals surface area contributed by atoms with E-state index in [4.69, 9.17) is 9.47 Å². The number of fused-ring (bicyclic) bond motifs is 2. The summed E-state index contributed by atoms with van der Waals surface area (Å²) >= 11 is 0. The monoisotopic (exact) mass is 645 g/mol. The van der Waals surface area contributed by atoms with Crippen molar-refractivity contribution in [2.75, 3.05) is 19.8 Å². The molecule has 1 aromatic carbocycles. The standard InChI is InChI=1S/C30H30F3N5O6S/c1-17-7-8-19(12-20(17)13-37-14-29(15-43-16-29)44-25-22(45(37,41)42)6-5-10-34-25)23(28(3,4)27(39)40)21-9-11-38-24(18(21)2)35-36-26(38)30(31,32)33/h5-12,23H,13-16H2,1-4H3,(H,39,40)/t23-/m0/s1. The van der Waals surface area contributed by atoms with Crippen molar-refractivity contribution in [1.82, 2.24) is 23.9 Å². The molecule has 3 aromatic heterocycles. The Balaban J connectivity index is 1.46. The van der Waals surface area contributed by atoms with E-state index in [9.17, 15) is 31.5 Å². The summed E-state index contributed by atoms with van der Waals surface area (Å²) in [6.07, 6.45) is -2.09. The molecule has 1 spiro atoms. The van der Waals surface area contributed by atoms with Gasteiger partial charge in [-0.25, -0.2) is 13.4 Å². The van der Waals surface area contributed by atoms with Gasteiger partial charge in [-0.1, -0.05) is 18.2 Å². The van der Waals surface area contributed by atoms with Crippen molar-refractivity contribution >= 4 is 21.6 Å². The maximum Gasteiger partial charge on any atom is 0.452 e. The zero-order valence-electron chi connectivity index (χ0n) is 24.8. The van der Waals surface area contributed by atoms with Gasteiger partial charge in [0.15, 0.2) is 11.2 Å². The van der Waals surface area contributed by atoms with Crippen molar-refractivity contribution in [1.29, 1.82) is 0 Å². The number of carboxylic acid groups (broad SMARTS) is 1. The summed E-state index contributed by atoms with van der Waals surface area (Å²) in [6.45, 7) is 6.79. The molecule has 1 saturated heterocycles. The van der Waals surface area contributed by atoms with Gasteiger partial charge < -0.3 is 14.6 Å². The van der Waals surface area contributed by atoms with Crippen LogP contribution in [0.5, 0.6) is 5.88 Å². The highest BCUT2D eigenvalue weighted by Crippen LogP contribution is 2.44. The largest absolute Gasteiger partial charge is 0.481 e. The Labute approximate surface area is 256 Å². The topological polar surface area (TPSA) is 136 Å². The number of sulfonamides is 1. The Morgan fingerprint density at radius 1 is 1.13 bits per heavy atom. The first-order valence-corrected chi connectivity index (χ1v) is 15.5. The van der Waals surface area contributed by atoms with Crippen LogP contribution in [0.4, 0.5) is 13.2 Å². The normalized spacial score (nSPS) is 18.6. The molecule has 0 radical (unpaired) electrons. The van der Waals surface area contributed by atoms with Gasteiger partial charge in [-0.2, -0.15) is 17.5 Å². The van der Waals surface area contributed by atoms with Crippen LogP contribution in [0.15, 0.2) is 53.7 Å². The number of hydrogen-bond donors (Lipinski definition) is 1. The molecule has 0 amide bonds. The van der Waals surface area contributed by atoms with E-state index < -0.39 is 44.9 Å². The number of halogens is 3. The number of nitrogens with zero attached hydrogens (tertiary/aromatic N) is 5. The second-order valence-electron chi connectivity index (χ2n) is 12.1. The van der Waals surface area contributed by atoms with Gasteiger partial charge in [0.1, 0.15) is 4.90 Å². The Morgan fingerprint density at radius 2 is 1.87 bits per heavy atom. The molecule has 238 valence electrons. The number of alkyl halides is 3. The number of aryl methyl sites for hydroxylation is 2.